The Morgan fingerprint density at radius 2 is 1.94 bits per heavy atom. The molecule has 4 aromatic rings. The molecule has 3 aromatic heterocycles. The third-order valence-corrected chi connectivity index (χ3v) is 5.24. The Bertz CT molecular complexity index is 1310. The second-order valence-electron chi connectivity index (χ2n) is 7.98. The lowest BCUT2D eigenvalue weighted by Crippen LogP contribution is -2.33. The average Bonchev–Trinajstić information content (AvgIpc) is 3.08. The van der Waals surface area contributed by atoms with E-state index in [1.165, 1.54) is 6.07 Å². The summed E-state index contributed by atoms with van der Waals surface area (Å²) in [4.78, 5) is 37.0. The number of benzene rings is 1. The van der Waals surface area contributed by atoms with Crippen molar-refractivity contribution in [3.05, 3.63) is 81.6 Å². The van der Waals surface area contributed by atoms with Crippen molar-refractivity contribution in [3.63, 3.8) is 0 Å². The smallest absolute Gasteiger partial charge is 0.287 e. The largest absolute Gasteiger partial charge is 0.451 e. The first kappa shape index (κ1) is 20.5. The van der Waals surface area contributed by atoms with Crippen molar-refractivity contribution in [2.75, 3.05) is 0 Å². The number of rotatable bonds is 5. The van der Waals surface area contributed by atoms with E-state index in [9.17, 15) is 9.59 Å². The SMILES string of the molecule is Cc1ccc2oc(C(=O)N[C@H](c3cc(=O)[nH]c(-c4ccccn4)n3)C(C)C)c(C)c2c1. The highest BCUT2D eigenvalue weighted by molar-refractivity contribution is 5.99. The normalized spacial score (nSPS) is 12.3. The van der Waals surface area contributed by atoms with E-state index in [-0.39, 0.29) is 23.1 Å². The number of H-pyrrole nitrogens is 1. The Hall–Kier alpha value is -3.74. The number of pyridine rings is 1. The molecule has 1 amide bonds. The maximum atomic E-state index is 13.1. The summed E-state index contributed by atoms with van der Waals surface area (Å²) in [5, 5.41) is 3.92. The van der Waals surface area contributed by atoms with Gasteiger partial charge in [-0.15, -0.1) is 0 Å². The molecular formula is C24H24N4O3. The Balaban J connectivity index is 1.69. The van der Waals surface area contributed by atoms with E-state index in [1.807, 2.05) is 52.0 Å². The lowest BCUT2D eigenvalue weighted by atomic mass is 10.00. The van der Waals surface area contributed by atoms with Gasteiger partial charge in [-0.1, -0.05) is 31.5 Å². The first-order valence-corrected chi connectivity index (χ1v) is 10.2. The molecule has 3 heterocycles. The molecule has 0 fully saturated rings. The van der Waals surface area contributed by atoms with Crippen molar-refractivity contribution in [1.82, 2.24) is 20.3 Å². The summed E-state index contributed by atoms with van der Waals surface area (Å²) in [5.74, 6) is 0.271. The topological polar surface area (TPSA) is 101 Å². The number of hydrogen-bond donors (Lipinski definition) is 2. The molecule has 4 rings (SSSR count). The van der Waals surface area contributed by atoms with Gasteiger partial charge in [0, 0.05) is 23.2 Å². The fourth-order valence-corrected chi connectivity index (χ4v) is 3.60. The third-order valence-electron chi connectivity index (χ3n) is 5.24. The molecule has 1 aromatic carbocycles. The van der Waals surface area contributed by atoms with Crippen molar-refractivity contribution >= 4 is 16.9 Å². The summed E-state index contributed by atoms with van der Waals surface area (Å²) in [6.07, 6.45) is 1.63. The number of nitrogens with one attached hydrogen (secondary N) is 2. The highest BCUT2D eigenvalue weighted by atomic mass is 16.3. The number of nitrogens with zero attached hydrogens (tertiary/aromatic N) is 2. The predicted molar refractivity (Wildman–Crippen MR) is 119 cm³/mol. The number of aromatic nitrogens is 3. The first-order valence-electron chi connectivity index (χ1n) is 10.2. The molecule has 0 spiro atoms. The van der Waals surface area contributed by atoms with Gasteiger partial charge >= 0.3 is 0 Å². The van der Waals surface area contributed by atoms with Crippen LogP contribution in [-0.4, -0.2) is 20.9 Å². The van der Waals surface area contributed by atoms with Crippen LogP contribution in [0.1, 0.15) is 47.3 Å². The number of carbonyl (C=O) groups is 1. The Morgan fingerprint density at radius 3 is 2.65 bits per heavy atom. The minimum atomic E-state index is -0.480. The Kier molecular flexibility index (Phi) is 5.42. The Morgan fingerprint density at radius 1 is 1.13 bits per heavy atom. The lowest BCUT2D eigenvalue weighted by Gasteiger charge is -2.21. The predicted octanol–water partition coefficient (Wildman–Crippen LogP) is 4.32. The molecule has 0 bridgehead atoms. The zero-order valence-corrected chi connectivity index (χ0v) is 17.9. The zero-order valence-electron chi connectivity index (χ0n) is 17.9. The van der Waals surface area contributed by atoms with E-state index >= 15 is 0 Å². The van der Waals surface area contributed by atoms with Crippen molar-refractivity contribution in [1.29, 1.82) is 0 Å². The maximum absolute atomic E-state index is 13.1. The number of aromatic amines is 1. The summed E-state index contributed by atoms with van der Waals surface area (Å²) >= 11 is 0. The fraction of sp³-hybridized carbons (Fsp3) is 0.250. The number of hydrogen-bond acceptors (Lipinski definition) is 5. The first-order chi connectivity index (χ1) is 14.8. The summed E-state index contributed by atoms with van der Waals surface area (Å²) < 4.78 is 5.84. The zero-order chi connectivity index (χ0) is 22.1. The molecule has 2 N–H and O–H groups in total. The van der Waals surface area contributed by atoms with Crippen molar-refractivity contribution in [2.45, 2.75) is 33.7 Å². The summed E-state index contributed by atoms with van der Waals surface area (Å²) in [6.45, 7) is 7.79. The molecule has 7 heteroatoms. The van der Waals surface area contributed by atoms with E-state index in [2.05, 4.69) is 20.3 Å². The quantitative estimate of drug-likeness (QED) is 0.504. The molecule has 1 atom stereocenters. The van der Waals surface area contributed by atoms with E-state index < -0.39 is 6.04 Å². The number of fused-ring (bicyclic) bond motifs is 1. The number of carbonyl (C=O) groups excluding carboxylic acids is 1. The second kappa shape index (κ2) is 8.18. The van der Waals surface area contributed by atoms with Crippen LogP contribution in [0.5, 0.6) is 0 Å². The molecule has 0 aliphatic rings. The number of furan rings is 1. The highest BCUT2D eigenvalue weighted by Gasteiger charge is 2.25. The standard InChI is InChI=1S/C24H24N4O3/c1-13(2)21(18-12-20(29)27-23(26-18)17-7-5-6-10-25-17)28-24(30)22-15(4)16-11-14(3)8-9-19(16)31-22/h5-13,21H,1-4H3,(H,28,30)(H,26,27,29)/t21-/m0/s1. The van der Waals surface area contributed by atoms with Gasteiger partial charge < -0.3 is 14.7 Å². The summed E-state index contributed by atoms with van der Waals surface area (Å²) in [7, 11) is 0. The van der Waals surface area contributed by atoms with E-state index in [0.717, 1.165) is 16.5 Å². The summed E-state index contributed by atoms with van der Waals surface area (Å²) in [6, 6.07) is 12.1. The van der Waals surface area contributed by atoms with E-state index in [0.29, 0.717) is 22.8 Å². The number of aryl methyl sites for hydroxylation is 2. The molecule has 7 nitrogen and oxygen atoms in total. The molecule has 0 radical (unpaired) electrons. The van der Waals surface area contributed by atoms with Gasteiger partial charge in [0.15, 0.2) is 11.6 Å². The highest BCUT2D eigenvalue weighted by Crippen LogP contribution is 2.28. The third kappa shape index (κ3) is 4.12. The van der Waals surface area contributed by atoms with Crippen LogP contribution in [0.3, 0.4) is 0 Å². The van der Waals surface area contributed by atoms with Gasteiger partial charge in [0.2, 0.25) is 0 Å². The van der Waals surface area contributed by atoms with Crippen molar-refractivity contribution in [2.24, 2.45) is 5.92 Å². The van der Waals surface area contributed by atoms with Gasteiger partial charge in [0.25, 0.3) is 11.5 Å². The molecule has 158 valence electrons. The van der Waals surface area contributed by atoms with Gasteiger partial charge in [-0.25, -0.2) is 4.98 Å². The minimum Gasteiger partial charge on any atom is -0.451 e. The van der Waals surface area contributed by atoms with Gasteiger partial charge in [0.05, 0.1) is 11.7 Å². The Labute approximate surface area is 179 Å². The van der Waals surface area contributed by atoms with Crippen molar-refractivity contribution in [3.8, 4) is 11.5 Å². The number of amides is 1. The van der Waals surface area contributed by atoms with E-state index in [1.54, 1.807) is 18.3 Å². The van der Waals surface area contributed by atoms with E-state index in [4.69, 9.17) is 4.42 Å². The monoisotopic (exact) mass is 416 g/mol. The van der Waals surface area contributed by atoms with Gasteiger partial charge in [-0.05, 0) is 44.0 Å². The second-order valence-corrected chi connectivity index (χ2v) is 7.98. The summed E-state index contributed by atoms with van der Waals surface area (Å²) in [5.41, 5.74) is 3.27. The van der Waals surface area contributed by atoms with Crippen LogP contribution in [-0.2, 0) is 0 Å². The average molecular weight is 416 g/mol. The molecule has 0 saturated heterocycles. The van der Waals surface area contributed by atoms with Crippen LogP contribution in [0, 0.1) is 19.8 Å². The van der Waals surface area contributed by atoms with Crippen LogP contribution < -0.4 is 10.9 Å². The fourth-order valence-electron chi connectivity index (χ4n) is 3.60. The van der Waals surface area contributed by atoms with Crippen LogP contribution in [0.2, 0.25) is 0 Å². The van der Waals surface area contributed by atoms with Crippen LogP contribution in [0.25, 0.3) is 22.5 Å². The van der Waals surface area contributed by atoms with Crippen LogP contribution in [0.4, 0.5) is 0 Å². The van der Waals surface area contributed by atoms with Gasteiger partial charge in [-0.3, -0.25) is 14.6 Å². The lowest BCUT2D eigenvalue weighted by molar-refractivity contribution is 0.0897. The maximum Gasteiger partial charge on any atom is 0.287 e. The minimum absolute atomic E-state index is 0.0123. The van der Waals surface area contributed by atoms with Crippen LogP contribution in [0.15, 0.2) is 57.9 Å². The molecule has 31 heavy (non-hydrogen) atoms. The van der Waals surface area contributed by atoms with Crippen molar-refractivity contribution < 1.29 is 9.21 Å². The molecule has 0 aliphatic carbocycles. The van der Waals surface area contributed by atoms with Gasteiger partial charge in [-0.2, -0.15) is 0 Å². The molecule has 0 unspecified atom stereocenters. The van der Waals surface area contributed by atoms with Gasteiger partial charge in [0.1, 0.15) is 11.3 Å². The van der Waals surface area contributed by atoms with Crippen LogP contribution >= 0.6 is 0 Å². The molecule has 0 aliphatic heterocycles. The molecular weight excluding hydrogens is 392 g/mol. The molecule has 0 saturated carbocycles.